The number of carboxylic acids is 1. The van der Waals surface area contributed by atoms with E-state index in [0.29, 0.717) is 25.1 Å². The molecule has 1 aliphatic carbocycles. The highest BCUT2D eigenvalue weighted by Gasteiger charge is 2.31. The van der Waals surface area contributed by atoms with E-state index in [1.807, 2.05) is 18.2 Å². The van der Waals surface area contributed by atoms with Crippen molar-refractivity contribution in [3.05, 3.63) is 60.2 Å². The zero-order valence-electron chi connectivity index (χ0n) is 15.2. The molecule has 2 atom stereocenters. The summed E-state index contributed by atoms with van der Waals surface area (Å²) in [5.74, 6) is -1.86. The summed E-state index contributed by atoms with van der Waals surface area (Å²) >= 11 is 0. The number of aliphatic carboxylic acids is 1. The van der Waals surface area contributed by atoms with Gasteiger partial charge in [-0.15, -0.1) is 0 Å². The van der Waals surface area contributed by atoms with Crippen molar-refractivity contribution in [2.45, 2.75) is 32.1 Å². The summed E-state index contributed by atoms with van der Waals surface area (Å²) in [7, 11) is 0. The number of rotatable bonds is 7. The average Bonchev–Trinajstić information content (AvgIpc) is 2.70. The van der Waals surface area contributed by atoms with Crippen LogP contribution in [0.25, 0.3) is 0 Å². The fourth-order valence-electron chi connectivity index (χ4n) is 3.53. The first-order valence-electron chi connectivity index (χ1n) is 9.42. The van der Waals surface area contributed by atoms with Gasteiger partial charge in [0.15, 0.2) is 0 Å². The number of nitrogens with one attached hydrogen (secondary N) is 1. The normalized spacial score (nSPS) is 19.3. The number of anilines is 1. The molecular formula is C22H24NO4-. The van der Waals surface area contributed by atoms with Gasteiger partial charge in [0, 0.05) is 29.9 Å². The van der Waals surface area contributed by atoms with Crippen molar-refractivity contribution in [1.82, 2.24) is 0 Å². The van der Waals surface area contributed by atoms with E-state index in [1.165, 1.54) is 5.56 Å². The molecule has 0 radical (unpaired) electrons. The highest BCUT2D eigenvalue weighted by Crippen LogP contribution is 2.31. The van der Waals surface area contributed by atoms with Crippen LogP contribution >= 0.6 is 0 Å². The summed E-state index contributed by atoms with van der Waals surface area (Å²) in [6, 6.07) is 17.3. The summed E-state index contributed by atoms with van der Waals surface area (Å²) in [5.41, 5.74) is 1.86. The molecule has 1 aliphatic rings. The molecule has 1 saturated carbocycles. The molecule has 0 spiro atoms. The Kier molecular flexibility index (Phi) is 6.47. The van der Waals surface area contributed by atoms with Crippen LogP contribution in [0.5, 0.6) is 5.75 Å². The smallest absolute Gasteiger partial charge is 0.228 e. The van der Waals surface area contributed by atoms with E-state index >= 15 is 0 Å². The standard InChI is InChI=1S/C22H25NO4/c24-21(19-8-4-5-9-20(19)22(25)26)23-17-10-12-18(13-11-17)27-15-14-16-6-2-1-3-7-16/h1-3,6-7,10-13,19-20H,4-5,8-9,14-15H2,(H,23,24)(H,25,26)/p-1/t19-,20+/m1/s1. The summed E-state index contributed by atoms with van der Waals surface area (Å²) in [6.07, 6.45) is 3.62. The van der Waals surface area contributed by atoms with E-state index in [1.54, 1.807) is 24.3 Å². The number of amides is 1. The molecule has 0 bridgehead atoms. The first kappa shape index (κ1) is 19.0. The van der Waals surface area contributed by atoms with Crippen LogP contribution in [0, 0.1) is 11.8 Å². The quantitative estimate of drug-likeness (QED) is 0.817. The second kappa shape index (κ2) is 9.21. The third kappa shape index (κ3) is 5.33. The lowest BCUT2D eigenvalue weighted by molar-refractivity contribution is -0.313. The van der Waals surface area contributed by atoms with E-state index in [2.05, 4.69) is 17.4 Å². The Balaban J connectivity index is 1.51. The number of benzene rings is 2. The average molecular weight is 366 g/mol. The van der Waals surface area contributed by atoms with Gasteiger partial charge in [0.25, 0.3) is 0 Å². The Bertz CT molecular complexity index is 758. The molecule has 2 aromatic carbocycles. The van der Waals surface area contributed by atoms with Crippen molar-refractivity contribution in [3.8, 4) is 5.75 Å². The molecule has 2 aromatic rings. The van der Waals surface area contributed by atoms with Gasteiger partial charge < -0.3 is 20.0 Å². The van der Waals surface area contributed by atoms with Gasteiger partial charge in [0.2, 0.25) is 5.91 Å². The minimum absolute atomic E-state index is 0.248. The molecule has 3 rings (SSSR count). The van der Waals surface area contributed by atoms with Crippen LogP contribution in [0.15, 0.2) is 54.6 Å². The van der Waals surface area contributed by atoms with Crippen molar-refractivity contribution in [2.24, 2.45) is 11.8 Å². The molecule has 1 amide bonds. The fourth-order valence-corrected chi connectivity index (χ4v) is 3.53. The van der Waals surface area contributed by atoms with E-state index in [4.69, 9.17) is 4.74 Å². The van der Waals surface area contributed by atoms with Gasteiger partial charge in [-0.05, 0) is 42.7 Å². The van der Waals surface area contributed by atoms with Crippen molar-refractivity contribution in [2.75, 3.05) is 11.9 Å². The van der Waals surface area contributed by atoms with Crippen LogP contribution in [-0.2, 0) is 16.0 Å². The summed E-state index contributed by atoms with van der Waals surface area (Å²) < 4.78 is 5.74. The van der Waals surface area contributed by atoms with Crippen LogP contribution in [-0.4, -0.2) is 18.5 Å². The monoisotopic (exact) mass is 366 g/mol. The van der Waals surface area contributed by atoms with Crippen molar-refractivity contribution in [1.29, 1.82) is 0 Å². The van der Waals surface area contributed by atoms with Crippen LogP contribution in [0.2, 0.25) is 0 Å². The van der Waals surface area contributed by atoms with Gasteiger partial charge in [0.1, 0.15) is 5.75 Å². The summed E-state index contributed by atoms with van der Waals surface area (Å²) in [4.78, 5) is 23.7. The molecule has 142 valence electrons. The highest BCUT2D eigenvalue weighted by molar-refractivity contribution is 5.95. The van der Waals surface area contributed by atoms with Gasteiger partial charge in [0.05, 0.1) is 6.61 Å². The molecule has 1 fully saturated rings. The molecule has 0 aliphatic heterocycles. The zero-order chi connectivity index (χ0) is 19.1. The van der Waals surface area contributed by atoms with Crippen LogP contribution in [0.4, 0.5) is 5.69 Å². The van der Waals surface area contributed by atoms with Crippen LogP contribution < -0.4 is 15.2 Å². The predicted molar refractivity (Wildman–Crippen MR) is 101 cm³/mol. The third-order valence-corrected chi connectivity index (χ3v) is 5.03. The lowest BCUT2D eigenvalue weighted by Crippen LogP contribution is -2.42. The van der Waals surface area contributed by atoms with Gasteiger partial charge >= 0.3 is 0 Å². The molecule has 0 aromatic heterocycles. The minimum atomic E-state index is -1.13. The van der Waals surface area contributed by atoms with E-state index in [0.717, 1.165) is 25.0 Å². The van der Waals surface area contributed by atoms with Gasteiger partial charge in [-0.25, -0.2) is 0 Å². The Morgan fingerprint density at radius 1 is 0.963 bits per heavy atom. The SMILES string of the molecule is O=C([O-])[C@H]1CCCC[C@H]1C(=O)Nc1ccc(OCCc2ccccc2)cc1. The first-order valence-corrected chi connectivity index (χ1v) is 9.42. The first-order chi connectivity index (χ1) is 13.1. The highest BCUT2D eigenvalue weighted by atomic mass is 16.5. The van der Waals surface area contributed by atoms with Gasteiger partial charge in [-0.1, -0.05) is 43.2 Å². The molecule has 5 nitrogen and oxygen atoms in total. The fraction of sp³-hybridized carbons (Fsp3) is 0.364. The van der Waals surface area contributed by atoms with Crippen LogP contribution in [0.1, 0.15) is 31.2 Å². The molecular weight excluding hydrogens is 342 g/mol. The number of carbonyl (C=O) groups excluding carboxylic acids is 2. The maximum Gasteiger partial charge on any atom is 0.228 e. The molecule has 1 N–H and O–H groups in total. The molecule has 0 unspecified atom stereocenters. The minimum Gasteiger partial charge on any atom is -0.550 e. The maximum atomic E-state index is 12.5. The summed E-state index contributed by atoms with van der Waals surface area (Å²) in [6.45, 7) is 0.574. The number of carbonyl (C=O) groups is 2. The zero-order valence-corrected chi connectivity index (χ0v) is 15.2. The third-order valence-electron chi connectivity index (χ3n) is 5.03. The molecule has 0 heterocycles. The summed E-state index contributed by atoms with van der Waals surface area (Å²) in [5, 5.41) is 14.1. The predicted octanol–water partition coefficient (Wildman–Crippen LogP) is 2.80. The van der Waals surface area contributed by atoms with Gasteiger partial charge in [-0.2, -0.15) is 0 Å². The molecule has 5 heteroatoms. The Labute approximate surface area is 159 Å². The maximum absolute atomic E-state index is 12.5. The largest absolute Gasteiger partial charge is 0.550 e. The van der Waals surface area contributed by atoms with Crippen molar-refractivity contribution < 1.29 is 19.4 Å². The Morgan fingerprint density at radius 2 is 1.63 bits per heavy atom. The van der Waals surface area contributed by atoms with E-state index in [-0.39, 0.29) is 5.91 Å². The Morgan fingerprint density at radius 3 is 2.30 bits per heavy atom. The lowest BCUT2D eigenvalue weighted by atomic mass is 9.78. The van der Waals surface area contributed by atoms with Crippen LogP contribution in [0.3, 0.4) is 0 Å². The van der Waals surface area contributed by atoms with E-state index < -0.39 is 17.8 Å². The lowest BCUT2D eigenvalue weighted by Gasteiger charge is -2.31. The molecule has 27 heavy (non-hydrogen) atoms. The number of ether oxygens (including phenoxy) is 1. The number of hydrogen-bond acceptors (Lipinski definition) is 4. The number of hydrogen-bond donors (Lipinski definition) is 1. The van der Waals surface area contributed by atoms with Crippen molar-refractivity contribution >= 4 is 17.6 Å². The topological polar surface area (TPSA) is 78.5 Å². The second-order valence-corrected chi connectivity index (χ2v) is 6.91. The molecule has 0 saturated heterocycles. The van der Waals surface area contributed by atoms with E-state index in [9.17, 15) is 14.7 Å². The number of carboxylic acid groups (broad SMARTS) is 1. The Hall–Kier alpha value is -2.82. The van der Waals surface area contributed by atoms with Crippen molar-refractivity contribution in [3.63, 3.8) is 0 Å². The second-order valence-electron chi connectivity index (χ2n) is 6.91. The van der Waals surface area contributed by atoms with Gasteiger partial charge in [-0.3, -0.25) is 4.79 Å².